The van der Waals surface area contributed by atoms with E-state index in [-0.39, 0.29) is 0 Å². The number of hydrogen-bond acceptors (Lipinski definition) is 6. The first-order chi connectivity index (χ1) is 10.3. The average molecular weight is 329 g/mol. The number of esters is 2. The summed E-state index contributed by atoms with van der Waals surface area (Å²) < 4.78 is 15.8. The lowest BCUT2D eigenvalue weighted by Gasteiger charge is -2.32. The van der Waals surface area contributed by atoms with Crippen LogP contribution in [-0.4, -0.2) is 46.4 Å². The van der Waals surface area contributed by atoms with Crippen LogP contribution in [0.5, 0.6) is 0 Å². The maximum atomic E-state index is 12.4. The molecule has 23 heavy (non-hydrogen) atoms. The third-order valence-electron chi connectivity index (χ3n) is 2.92. The van der Waals surface area contributed by atoms with Crippen LogP contribution in [0.15, 0.2) is 0 Å². The van der Waals surface area contributed by atoms with E-state index < -0.39 is 41.5 Å². The van der Waals surface area contributed by atoms with Gasteiger partial charge in [-0.05, 0) is 48.0 Å². The Morgan fingerprint density at radius 2 is 1.43 bits per heavy atom. The summed E-state index contributed by atoms with van der Waals surface area (Å²) in [5.74, 6) is -1.05. The number of hydrogen-bond donors (Lipinski definition) is 0. The summed E-state index contributed by atoms with van der Waals surface area (Å²) in [6, 6.07) is -0.826. The Kier molecular flexibility index (Phi) is 5.66. The Morgan fingerprint density at radius 3 is 1.87 bits per heavy atom. The van der Waals surface area contributed by atoms with E-state index >= 15 is 0 Å². The van der Waals surface area contributed by atoms with Crippen LogP contribution in [0.4, 0.5) is 4.79 Å². The molecule has 1 amide bonds. The molecular formula is C16H27NO6. The van der Waals surface area contributed by atoms with Gasteiger partial charge >= 0.3 is 18.0 Å². The molecule has 0 aromatic carbocycles. The molecule has 1 saturated heterocycles. The smallest absolute Gasteiger partial charge is 0.413 e. The summed E-state index contributed by atoms with van der Waals surface area (Å²) >= 11 is 0. The third-order valence-corrected chi connectivity index (χ3v) is 2.92. The van der Waals surface area contributed by atoms with E-state index in [1.54, 1.807) is 41.5 Å². The second-order valence-electron chi connectivity index (χ2n) is 7.58. The fourth-order valence-corrected chi connectivity index (χ4v) is 2.25. The van der Waals surface area contributed by atoms with E-state index in [1.807, 2.05) is 0 Å². The molecular weight excluding hydrogens is 302 g/mol. The zero-order valence-corrected chi connectivity index (χ0v) is 15.0. The van der Waals surface area contributed by atoms with Crippen molar-refractivity contribution in [2.75, 3.05) is 0 Å². The quantitative estimate of drug-likeness (QED) is 0.572. The van der Waals surface area contributed by atoms with Crippen molar-refractivity contribution in [3.63, 3.8) is 0 Å². The number of nitrogens with zero attached hydrogens (tertiary/aromatic N) is 1. The topological polar surface area (TPSA) is 82.1 Å². The van der Waals surface area contributed by atoms with E-state index in [4.69, 9.17) is 14.2 Å². The van der Waals surface area contributed by atoms with Crippen molar-refractivity contribution in [1.82, 2.24) is 4.90 Å². The average Bonchev–Trinajstić information content (AvgIpc) is 2.66. The fourth-order valence-electron chi connectivity index (χ4n) is 2.25. The lowest BCUT2D eigenvalue weighted by molar-refractivity contribution is -0.167. The number of ether oxygens (including phenoxy) is 3. The van der Waals surface area contributed by atoms with Gasteiger partial charge in [-0.3, -0.25) is 9.69 Å². The highest BCUT2D eigenvalue weighted by Gasteiger charge is 2.46. The van der Waals surface area contributed by atoms with Crippen molar-refractivity contribution < 1.29 is 28.6 Å². The highest BCUT2D eigenvalue weighted by molar-refractivity contribution is 5.83. The Bertz CT molecular complexity index is 474. The zero-order chi connectivity index (χ0) is 18.0. The molecule has 1 aliphatic heterocycles. The highest BCUT2D eigenvalue weighted by atomic mass is 16.6. The number of amides is 1. The van der Waals surface area contributed by atoms with Crippen molar-refractivity contribution in [3.05, 3.63) is 0 Å². The summed E-state index contributed by atoms with van der Waals surface area (Å²) in [4.78, 5) is 37.2. The molecule has 0 bridgehead atoms. The van der Waals surface area contributed by atoms with E-state index in [0.29, 0.717) is 12.8 Å². The van der Waals surface area contributed by atoms with Gasteiger partial charge < -0.3 is 14.2 Å². The molecule has 1 heterocycles. The lowest BCUT2D eigenvalue weighted by Crippen LogP contribution is -2.49. The first-order valence-corrected chi connectivity index (χ1v) is 7.71. The van der Waals surface area contributed by atoms with Crippen LogP contribution in [0.3, 0.4) is 0 Å². The van der Waals surface area contributed by atoms with E-state index in [1.165, 1.54) is 11.8 Å². The van der Waals surface area contributed by atoms with Gasteiger partial charge in [0.2, 0.25) is 0 Å². The van der Waals surface area contributed by atoms with E-state index in [9.17, 15) is 14.4 Å². The normalized spacial score (nSPS) is 21.8. The second-order valence-corrected chi connectivity index (χ2v) is 7.58. The van der Waals surface area contributed by atoms with Gasteiger partial charge in [0.1, 0.15) is 17.2 Å². The Labute approximate surface area is 137 Å². The van der Waals surface area contributed by atoms with Crippen LogP contribution in [0.1, 0.15) is 61.3 Å². The first-order valence-electron chi connectivity index (χ1n) is 7.71. The Morgan fingerprint density at radius 1 is 0.913 bits per heavy atom. The Balaban J connectivity index is 2.97. The van der Waals surface area contributed by atoms with Gasteiger partial charge in [-0.1, -0.05) is 0 Å². The van der Waals surface area contributed by atoms with E-state index in [2.05, 4.69) is 0 Å². The van der Waals surface area contributed by atoms with Crippen molar-refractivity contribution in [3.8, 4) is 0 Å². The van der Waals surface area contributed by atoms with Crippen molar-refractivity contribution >= 4 is 18.0 Å². The summed E-state index contributed by atoms with van der Waals surface area (Å²) in [5.41, 5.74) is -1.39. The molecule has 132 valence electrons. The minimum Gasteiger partial charge on any atom is -0.458 e. The third kappa shape index (κ3) is 6.08. The Hall–Kier alpha value is -1.79. The van der Waals surface area contributed by atoms with Crippen LogP contribution in [-0.2, 0) is 23.8 Å². The standard InChI is InChI=1S/C16H27NO6/c1-10(18)21-12-9-8-11(13(19)22-15(2,3)4)17(12)14(20)23-16(5,6)7/h11-12H,8-9H2,1-7H3/t11-,12?/m0/s1. The molecule has 7 heteroatoms. The highest BCUT2D eigenvalue weighted by Crippen LogP contribution is 2.29. The van der Waals surface area contributed by atoms with Gasteiger partial charge in [0.05, 0.1) is 0 Å². The largest absolute Gasteiger partial charge is 0.458 e. The van der Waals surface area contributed by atoms with E-state index in [0.717, 1.165) is 0 Å². The van der Waals surface area contributed by atoms with Gasteiger partial charge in [0, 0.05) is 13.3 Å². The molecule has 0 radical (unpaired) electrons. The van der Waals surface area contributed by atoms with Crippen LogP contribution in [0.2, 0.25) is 0 Å². The summed E-state index contributed by atoms with van der Waals surface area (Å²) in [7, 11) is 0. The molecule has 0 aliphatic carbocycles. The van der Waals surface area contributed by atoms with Crippen LogP contribution >= 0.6 is 0 Å². The van der Waals surface area contributed by atoms with Crippen molar-refractivity contribution in [2.24, 2.45) is 0 Å². The summed E-state index contributed by atoms with van der Waals surface area (Å²) in [6.07, 6.45) is -0.800. The van der Waals surface area contributed by atoms with Gasteiger partial charge in [-0.15, -0.1) is 0 Å². The van der Waals surface area contributed by atoms with Crippen LogP contribution in [0, 0.1) is 0 Å². The minimum atomic E-state index is -0.826. The molecule has 0 aromatic heterocycles. The molecule has 1 rings (SSSR count). The van der Waals surface area contributed by atoms with Crippen molar-refractivity contribution in [1.29, 1.82) is 0 Å². The zero-order valence-electron chi connectivity index (χ0n) is 15.0. The maximum absolute atomic E-state index is 12.4. The molecule has 0 N–H and O–H groups in total. The predicted molar refractivity (Wildman–Crippen MR) is 82.5 cm³/mol. The molecule has 1 unspecified atom stereocenters. The summed E-state index contributed by atoms with van der Waals surface area (Å²) in [5, 5.41) is 0. The fraction of sp³-hybridized carbons (Fsp3) is 0.812. The maximum Gasteiger partial charge on any atom is 0.413 e. The number of likely N-dealkylation sites (tertiary alicyclic amines) is 1. The van der Waals surface area contributed by atoms with Crippen LogP contribution < -0.4 is 0 Å². The first kappa shape index (κ1) is 19.3. The molecule has 0 saturated carbocycles. The monoisotopic (exact) mass is 329 g/mol. The molecule has 1 aliphatic rings. The number of carbonyl (C=O) groups excluding carboxylic acids is 3. The van der Waals surface area contributed by atoms with Gasteiger partial charge in [0.15, 0.2) is 6.23 Å². The van der Waals surface area contributed by atoms with Gasteiger partial charge in [0.25, 0.3) is 0 Å². The SMILES string of the molecule is CC(=O)OC1CC[C@@H](C(=O)OC(C)(C)C)N1C(=O)OC(C)(C)C. The molecule has 0 spiro atoms. The van der Waals surface area contributed by atoms with Crippen molar-refractivity contribution in [2.45, 2.75) is 84.8 Å². The second kappa shape index (κ2) is 6.76. The molecule has 0 aromatic rings. The van der Waals surface area contributed by atoms with Crippen LogP contribution in [0.25, 0.3) is 0 Å². The predicted octanol–water partition coefficient (Wildman–Crippen LogP) is 2.62. The summed E-state index contributed by atoms with van der Waals surface area (Å²) in [6.45, 7) is 11.7. The number of carbonyl (C=O) groups is 3. The van der Waals surface area contributed by atoms with Gasteiger partial charge in [-0.2, -0.15) is 0 Å². The minimum absolute atomic E-state index is 0.353. The lowest BCUT2D eigenvalue weighted by atomic mass is 10.1. The molecule has 1 fully saturated rings. The molecule has 2 atom stereocenters. The molecule has 7 nitrogen and oxygen atoms in total. The number of rotatable bonds is 2. The van der Waals surface area contributed by atoms with Gasteiger partial charge in [-0.25, -0.2) is 9.59 Å².